The predicted octanol–water partition coefficient (Wildman–Crippen LogP) is 8.91. The molecule has 1 aromatic rings. The van der Waals surface area contributed by atoms with E-state index in [1.165, 1.54) is 38.5 Å². The molecule has 2 fully saturated rings. The fraction of sp³-hybridized carbons (Fsp3) is 0.765. The van der Waals surface area contributed by atoms with Crippen LogP contribution in [0.5, 0.6) is 0 Å². The van der Waals surface area contributed by atoms with Crippen molar-refractivity contribution in [3.05, 3.63) is 46.5 Å². The molecule has 8 atom stereocenters. The van der Waals surface area contributed by atoms with Gasteiger partial charge < -0.3 is 10.2 Å². The molecule has 0 bridgehead atoms. The average Bonchev–Trinajstić information content (AvgIpc) is 3.14. The minimum absolute atomic E-state index is 0.0289. The number of hydrogen-bond acceptors (Lipinski definition) is 2. The Morgan fingerprint density at radius 1 is 0.921 bits per heavy atom. The van der Waals surface area contributed by atoms with E-state index in [-0.39, 0.29) is 33.3 Å². The van der Waals surface area contributed by atoms with Gasteiger partial charge in [0.05, 0.1) is 12.2 Å². The zero-order valence-corrected chi connectivity index (χ0v) is 24.5. The van der Waals surface area contributed by atoms with Crippen LogP contribution in [0.25, 0.3) is 0 Å². The van der Waals surface area contributed by atoms with Crippen molar-refractivity contribution in [1.82, 2.24) is 0 Å². The molecule has 0 heterocycles. The Labute approximate surface area is 229 Å². The number of fused-ring (bicyclic) bond motifs is 4. The molecule has 212 valence electrons. The number of aliphatic hydroxyl groups excluding tert-OH is 2. The highest BCUT2D eigenvalue weighted by atomic mass is 19.1. The second-order valence-electron chi connectivity index (χ2n) is 14.8. The summed E-state index contributed by atoms with van der Waals surface area (Å²) >= 11 is 0. The number of benzene rings is 1. The van der Waals surface area contributed by atoms with E-state index in [1.807, 2.05) is 0 Å². The van der Waals surface area contributed by atoms with Crippen LogP contribution < -0.4 is 0 Å². The lowest BCUT2D eigenvalue weighted by molar-refractivity contribution is -0.0962. The van der Waals surface area contributed by atoms with Crippen LogP contribution in [0.4, 0.5) is 8.78 Å². The van der Waals surface area contributed by atoms with E-state index in [0.29, 0.717) is 24.2 Å². The van der Waals surface area contributed by atoms with Gasteiger partial charge in [0.2, 0.25) is 0 Å². The molecule has 1 unspecified atom stereocenters. The number of hydrogen-bond donors (Lipinski definition) is 2. The first-order valence-corrected chi connectivity index (χ1v) is 15.3. The molecular weight excluding hydrogens is 478 g/mol. The summed E-state index contributed by atoms with van der Waals surface area (Å²) in [6.07, 6.45) is 10.5. The highest BCUT2D eigenvalue weighted by Crippen LogP contribution is 2.72. The summed E-state index contributed by atoms with van der Waals surface area (Å²) in [4.78, 5) is 0. The van der Waals surface area contributed by atoms with Gasteiger partial charge in [0, 0.05) is 5.56 Å². The lowest BCUT2D eigenvalue weighted by Crippen LogP contribution is -2.55. The summed E-state index contributed by atoms with van der Waals surface area (Å²) in [6.45, 7) is 14.6. The molecule has 4 aliphatic carbocycles. The van der Waals surface area contributed by atoms with E-state index < -0.39 is 17.7 Å². The summed E-state index contributed by atoms with van der Waals surface area (Å²) in [7, 11) is 0. The van der Waals surface area contributed by atoms with Gasteiger partial charge in [-0.15, -0.1) is 0 Å². The van der Waals surface area contributed by atoms with E-state index in [4.69, 9.17) is 0 Å². The third kappa shape index (κ3) is 4.14. The largest absolute Gasteiger partial charge is 0.393 e. The average molecular weight is 529 g/mol. The molecule has 2 saturated carbocycles. The molecule has 4 heteroatoms. The van der Waals surface area contributed by atoms with Crippen LogP contribution in [0, 0.1) is 51.0 Å². The Kier molecular flexibility index (Phi) is 7.21. The highest BCUT2D eigenvalue weighted by molar-refractivity contribution is 5.38. The van der Waals surface area contributed by atoms with E-state index in [0.717, 1.165) is 43.9 Å². The van der Waals surface area contributed by atoms with Crippen molar-refractivity contribution in [3.63, 3.8) is 0 Å². The molecule has 0 amide bonds. The number of rotatable bonds is 6. The summed E-state index contributed by atoms with van der Waals surface area (Å²) in [5.74, 6) is 0.685. The molecule has 0 saturated heterocycles. The monoisotopic (exact) mass is 528 g/mol. The van der Waals surface area contributed by atoms with Crippen LogP contribution in [0.3, 0.4) is 0 Å². The molecule has 38 heavy (non-hydrogen) atoms. The van der Waals surface area contributed by atoms with E-state index >= 15 is 0 Å². The predicted molar refractivity (Wildman–Crippen MR) is 149 cm³/mol. The first-order valence-electron chi connectivity index (χ1n) is 15.3. The second kappa shape index (κ2) is 9.68. The van der Waals surface area contributed by atoms with Crippen LogP contribution in [-0.4, -0.2) is 16.3 Å². The van der Waals surface area contributed by atoms with Gasteiger partial charge in [0.25, 0.3) is 0 Å². The molecule has 0 spiro atoms. The zero-order valence-electron chi connectivity index (χ0n) is 24.5. The van der Waals surface area contributed by atoms with Gasteiger partial charge in [0.15, 0.2) is 0 Å². The number of allylic oxidation sites excluding steroid dienone is 2. The van der Waals surface area contributed by atoms with Gasteiger partial charge in [-0.3, -0.25) is 0 Å². The van der Waals surface area contributed by atoms with E-state index in [2.05, 4.69) is 41.5 Å². The maximum absolute atomic E-state index is 14.1. The third-order valence-electron chi connectivity index (χ3n) is 12.9. The molecule has 5 rings (SSSR count). The lowest BCUT2D eigenvalue weighted by atomic mass is 9.43. The van der Waals surface area contributed by atoms with Crippen LogP contribution in [0.2, 0.25) is 0 Å². The Bertz CT molecular complexity index is 1090. The molecule has 0 aromatic heterocycles. The van der Waals surface area contributed by atoms with Crippen molar-refractivity contribution >= 4 is 0 Å². The Morgan fingerprint density at radius 2 is 1.66 bits per heavy atom. The Morgan fingerprint density at radius 3 is 2.39 bits per heavy atom. The normalized spacial score (nSPS) is 39.8. The van der Waals surface area contributed by atoms with Gasteiger partial charge in [-0.25, -0.2) is 8.78 Å². The van der Waals surface area contributed by atoms with Crippen molar-refractivity contribution in [2.75, 3.05) is 0 Å². The van der Waals surface area contributed by atoms with Gasteiger partial charge in [-0.05, 0) is 115 Å². The molecule has 0 aliphatic heterocycles. The van der Waals surface area contributed by atoms with Crippen LogP contribution in [0.1, 0.15) is 124 Å². The molecular formula is C34H50F2O2. The quantitative estimate of drug-likeness (QED) is 0.362. The van der Waals surface area contributed by atoms with Crippen molar-refractivity contribution in [1.29, 1.82) is 0 Å². The fourth-order valence-corrected chi connectivity index (χ4v) is 10.4. The molecule has 4 aliphatic rings. The first kappa shape index (κ1) is 28.3. The van der Waals surface area contributed by atoms with Crippen molar-refractivity contribution in [2.45, 2.75) is 124 Å². The van der Waals surface area contributed by atoms with Gasteiger partial charge in [-0.1, -0.05) is 65.5 Å². The Hall–Kier alpha value is -1.26. The highest BCUT2D eigenvalue weighted by Gasteiger charge is 2.63. The molecule has 2 nitrogen and oxygen atoms in total. The smallest absolute Gasteiger partial charge is 0.129 e. The van der Waals surface area contributed by atoms with Crippen LogP contribution in [-0.2, 0) is 0 Å². The minimum atomic E-state index is -0.959. The third-order valence-corrected chi connectivity index (χ3v) is 12.9. The van der Waals surface area contributed by atoms with Gasteiger partial charge in [-0.2, -0.15) is 0 Å². The maximum Gasteiger partial charge on any atom is 0.129 e. The van der Waals surface area contributed by atoms with Crippen LogP contribution in [0.15, 0.2) is 29.3 Å². The zero-order chi connectivity index (χ0) is 27.7. The van der Waals surface area contributed by atoms with Gasteiger partial charge in [0.1, 0.15) is 11.6 Å². The van der Waals surface area contributed by atoms with Crippen molar-refractivity contribution in [2.24, 2.45) is 39.4 Å². The number of aliphatic hydroxyl groups is 2. The molecule has 1 aromatic carbocycles. The standard InChI is InChI=1S/C34H50F2O2/c1-21(8-7-9-28(37)23-20-22(35)10-12-27(23)36)24-14-18-34(6)26-11-13-29-31(2,3)30(38)16-17-32(29,4)25(26)15-19-33(24,34)5/h10,12,20-21,24,28-30,37-38H,7-9,11,13-19H2,1-6H3/t21-,24-,28?,29+,30+,32-,33-,34+/m1/s1. The minimum Gasteiger partial charge on any atom is -0.393 e. The van der Waals surface area contributed by atoms with Gasteiger partial charge >= 0.3 is 0 Å². The lowest BCUT2D eigenvalue weighted by Gasteiger charge is -2.62. The van der Waals surface area contributed by atoms with Crippen molar-refractivity contribution in [3.8, 4) is 0 Å². The van der Waals surface area contributed by atoms with Crippen LogP contribution >= 0.6 is 0 Å². The topological polar surface area (TPSA) is 40.5 Å². The Balaban J connectivity index is 1.31. The summed E-state index contributed by atoms with van der Waals surface area (Å²) in [5.41, 5.74) is 4.29. The fourth-order valence-electron chi connectivity index (χ4n) is 10.4. The van der Waals surface area contributed by atoms with E-state index in [1.54, 1.807) is 11.1 Å². The number of halogens is 2. The molecule has 2 N–H and O–H groups in total. The first-order chi connectivity index (χ1) is 17.8. The summed E-state index contributed by atoms with van der Waals surface area (Å²) < 4.78 is 27.7. The molecule has 0 radical (unpaired) electrons. The second-order valence-corrected chi connectivity index (χ2v) is 14.8. The summed E-state index contributed by atoms with van der Waals surface area (Å²) in [5, 5.41) is 21.4. The van der Waals surface area contributed by atoms with E-state index in [9.17, 15) is 19.0 Å². The SMILES string of the molecule is C[C@H](CCCC(O)c1cc(F)ccc1F)[C@H]1CC[C@@]2(C)C3=C(CC[C@]12C)[C@@]1(C)CC[C@H](O)C(C)(C)[C@@H]1CC3. The maximum atomic E-state index is 14.1. The van der Waals surface area contributed by atoms with Crippen molar-refractivity contribution < 1.29 is 19.0 Å². The summed E-state index contributed by atoms with van der Waals surface area (Å²) in [6, 6.07) is 3.33.